The lowest BCUT2D eigenvalue weighted by molar-refractivity contribution is -0.142. The Kier molecular flexibility index (Phi) is 7.95. The highest BCUT2D eigenvalue weighted by molar-refractivity contribution is 5.66. The summed E-state index contributed by atoms with van der Waals surface area (Å²) < 4.78 is 95.2. The van der Waals surface area contributed by atoms with E-state index in [9.17, 15) is 36.4 Å². The molecule has 1 atom stereocenters. The molecule has 3 aromatic rings. The molecule has 0 spiro atoms. The van der Waals surface area contributed by atoms with Crippen molar-refractivity contribution in [2.45, 2.75) is 39.0 Å². The first kappa shape index (κ1) is 27.3. The van der Waals surface area contributed by atoms with Crippen molar-refractivity contribution in [3.8, 4) is 23.1 Å². The first-order chi connectivity index (χ1) is 17.3. The average Bonchev–Trinajstić information content (AvgIpc) is 3.26. The third kappa shape index (κ3) is 6.49. The monoisotopic (exact) mass is 528 g/mol. The van der Waals surface area contributed by atoms with Crippen LogP contribution in [0.4, 0.5) is 31.1 Å². The number of halogens is 6. The summed E-state index contributed by atoms with van der Waals surface area (Å²) in [5.74, 6) is -0.00250. The molecule has 0 fully saturated rings. The first-order valence-electron chi connectivity index (χ1n) is 10.5. The highest BCUT2D eigenvalue weighted by atomic mass is 19.4. The number of alkyl halides is 6. The van der Waals surface area contributed by atoms with Crippen molar-refractivity contribution in [2.75, 3.05) is 6.61 Å². The standard InChI is InChI=1S/C23H18F6N4O4/c1-3-35-21(34)37-13(2)33-19(11-30)20(31-32-33)14-5-4-6-17(10-14)36-12-15-9-16(22(24,25)26)7-8-18(15)23(27,28)29/h4-10,13H,3,12H2,1-2H3. The topological polar surface area (TPSA) is 99.3 Å². The maximum absolute atomic E-state index is 13.3. The second kappa shape index (κ2) is 10.8. The molecule has 196 valence electrons. The van der Waals surface area contributed by atoms with Gasteiger partial charge in [0, 0.05) is 11.1 Å². The Morgan fingerprint density at radius 1 is 1.11 bits per heavy atom. The molecule has 14 heteroatoms. The molecule has 1 heterocycles. The lowest BCUT2D eigenvalue weighted by atomic mass is 10.0. The van der Waals surface area contributed by atoms with Crippen molar-refractivity contribution in [3.63, 3.8) is 0 Å². The molecule has 3 rings (SSSR count). The molecule has 37 heavy (non-hydrogen) atoms. The minimum Gasteiger partial charge on any atom is -0.489 e. The lowest BCUT2D eigenvalue weighted by Crippen LogP contribution is -2.18. The van der Waals surface area contributed by atoms with Crippen molar-refractivity contribution < 1.29 is 45.3 Å². The summed E-state index contributed by atoms with van der Waals surface area (Å²) in [4.78, 5) is 11.6. The van der Waals surface area contributed by atoms with Crippen LogP contribution < -0.4 is 4.74 Å². The van der Waals surface area contributed by atoms with Crippen LogP contribution in [-0.4, -0.2) is 27.8 Å². The van der Waals surface area contributed by atoms with Crippen molar-refractivity contribution in [1.82, 2.24) is 15.0 Å². The predicted molar refractivity (Wildman–Crippen MR) is 114 cm³/mol. The Labute approximate surface area is 206 Å². The summed E-state index contributed by atoms with van der Waals surface area (Å²) in [6.45, 7) is 2.25. The molecule has 0 aliphatic rings. The molecule has 0 saturated heterocycles. The van der Waals surface area contributed by atoms with Gasteiger partial charge in [-0.2, -0.15) is 36.3 Å². The van der Waals surface area contributed by atoms with Gasteiger partial charge in [0.25, 0.3) is 0 Å². The number of rotatable bonds is 7. The number of nitrogens with zero attached hydrogens (tertiary/aromatic N) is 4. The van der Waals surface area contributed by atoms with Crippen LogP contribution in [-0.2, 0) is 28.4 Å². The van der Waals surface area contributed by atoms with Crippen LogP contribution in [0.25, 0.3) is 11.3 Å². The second-order valence-electron chi connectivity index (χ2n) is 7.43. The number of hydrogen-bond acceptors (Lipinski definition) is 7. The van der Waals surface area contributed by atoms with Gasteiger partial charge in [-0.3, -0.25) is 0 Å². The quantitative estimate of drug-likeness (QED) is 0.269. The Morgan fingerprint density at radius 3 is 2.46 bits per heavy atom. The third-order valence-electron chi connectivity index (χ3n) is 4.91. The Balaban J connectivity index is 1.87. The van der Waals surface area contributed by atoms with E-state index >= 15 is 0 Å². The average molecular weight is 528 g/mol. The van der Waals surface area contributed by atoms with Crippen molar-refractivity contribution in [1.29, 1.82) is 5.26 Å². The number of ether oxygens (including phenoxy) is 3. The van der Waals surface area contributed by atoms with Gasteiger partial charge in [-0.1, -0.05) is 17.3 Å². The highest BCUT2D eigenvalue weighted by Gasteiger charge is 2.37. The van der Waals surface area contributed by atoms with Gasteiger partial charge in [0.1, 0.15) is 24.1 Å². The Hall–Kier alpha value is -4.28. The molecule has 8 nitrogen and oxygen atoms in total. The van der Waals surface area contributed by atoms with Gasteiger partial charge in [-0.05, 0) is 44.2 Å². The number of carbonyl (C=O) groups is 1. The zero-order chi connectivity index (χ0) is 27.4. The lowest BCUT2D eigenvalue weighted by Gasteiger charge is -2.16. The molecule has 1 unspecified atom stereocenters. The molecule has 0 aliphatic heterocycles. The molecule has 2 aromatic carbocycles. The van der Waals surface area contributed by atoms with Gasteiger partial charge in [0.15, 0.2) is 11.9 Å². The van der Waals surface area contributed by atoms with Crippen molar-refractivity contribution in [3.05, 3.63) is 64.8 Å². The van der Waals surface area contributed by atoms with Gasteiger partial charge in [-0.15, -0.1) is 5.10 Å². The van der Waals surface area contributed by atoms with E-state index in [2.05, 4.69) is 15.0 Å². The number of aromatic nitrogens is 3. The van der Waals surface area contributed by atoms with Gasteiger partial charge < -0.3 is 14.2 Å². The van der Waals surface area contributed by atoms with E-state index in [1.807, 2.05) is 6.07 Å². The number of hydrogen-bond donors (Lipinski definition) is 0. The zero-order valence-electron chi connectivity index (χ0n) is 19.2. The SMILES string of the molecule is CCOC(=O)OC(C)n1nnc(-c2cccc(OCc3cc(C(F)(F)F)ccc3C(F)(F)F)c2)c1C#N. The van der Waals surface area contributed by atoms with Crippen molar-refractivity contribution in [2.24, 2.45) is 0 Å². The molecule has 0 radical (unpaired) electrons. The summed E-state index contributed by atoms with van der Waals surface area (Å²) in [5, 5.41) is 17.3. The number of benzene rings is 2. The molecule has 1 aromatic heterocycles. The molecule has 0 amide bonds. The minimum absolute atomic E-state index is 0.00250. The fourth-order valence-electron chi connectivity index (χ4n) is 3.25. The third-order valence-corrected chi connectivity index (χ3v) is 4.91. The smallest absolute Gasteiger partial charge is 0.489 e. The highest BCUT2D eigenvalue weighted by Crippen LogP contribution is 2.37. The zero-order valence-corrected chi connectivity index (χ0v) is 19.2. The van der Waals surface area contributed by atoms with Crippen LogP contribution in [0.3, 0.4) is 0 Å². The summed E-state index contributed by atoms with van der Waals surface area (Å²) >= 11 is 0. The summed E-state index contributed by atoms with van der Waals surface area (Å²) in [5.41, 5.74) is -3.01. The first-order valence-corrected chi connectivity index (χ1v) is 10.5. The summed E-state index contributed by atoms with van der Waals surface area (Å²) in [6, 6.07) is 8.62. The Bertz CT molecular complexity index is 1310. The summed E-state index contributed by atoms with van der Waals surface area (Å²) in [7, 11) is 0. The van der Waals surface area contributed by atoms with Crippen LogP contribution in [0.1, 0.15) is 42.5 Å². The van der Waals surface area contributed by atoms with E-state index in [0.29, 0.717) is 18.2 Å². The van der Waals surface area contributed by atoms with Crippen LogP contribution in [0.5, 0.6) is 5.75 Å². The van der Waals surface area contributed by atoms with Gasteiger partial charge >= 0.3 is 18.5 Å². The number of carbonyl (C=O) groups excluding carboxylic acids is 1. The molecule has 0 N–H and O–H groups in total. The van der Waals surface area contributed by atoms with Crippen LogP contribution >= 0.6 is 0 Å². The normalized spacial score (nSPS) is 12.5. The fourth-order valence-corrected chi connectivity index (χ4v) is 3.25. The predicted octanol–water partition coefficient (Wildman–Crippen LogP) is 6.12. The van der Waals surface area contributed by atoms with Crippen LogP contribution in [0, 0.1) is 11.3 Å². The van der Waals surface area contributed by atoms with E-state index < -0.39 is 48.0 Å². The summed E-state index contributed by atoms with van der Waals surface area (Å²) in [6.07, 6.45) is -11.8. The van der Waals surface area contributed by atoms with Crippen LogP contribution in [0.2, 0.25) is 0 Å². The molecular formula is C23H18F6N4O4. The van der Waals surface area contributed by atoms with Crippen molar-refractivity contribution >= 4 is 6.16 Å². The largest absolute Gasteiger partial charge is 0.510 e. The second-order valence-corrected chi connectivity index (χ2v) is 7.43. The Morgan fingerprint density at radius 2 is 1.84 bits per heavy atom. The maximum Gasteiger partial charge on any atom is 0.510 e. The van der Waals surface area contributed by atoms with Gasteiger partial charge in [0.05, 0.1) is 17.7 Å². The van der Waals surface area contributed by atoms with Crippen LogP contribution in [0.15, 0.2) is 42.5 Å². The van der Waals surface area contributed by atoms with E-state index in [1.165, 1.54) is 31.2 Å². The molecular weight excluding hydrogens is 510 g/mol. The minimum atomic E-state index is -4.90. The molecule has 0 saturated carbocycles. The fraction of sp³-hybridized carbons (Fsp3) is 0.304. The van der Waals surface area contributed by atoms with Gasteiger partial charge in [0.2, 0.25) is 0 Å². The van der Waals surface area contributed by atoms with E-state index in [-0.39, 0.29) is 29.3 Å². The maximum atomic E-state index is 13.3. The number of nitriles is 1. The van der Waals surface area contributed by atoms with E-state index in [4.69, 9.17) is 9.47 Å². The van der Waals surface area contributed by atoms with E-state index in [1.54, 1.807) is 6.92 Å². The molecule has 0 aliphatic carbocycles. The molecule has 0 bridgehead atoms. The van der Waals surface area contributed by atoms with Gasteiger partial charge in [-0.25, -0.2) is 4.79 Å². The van der Waals surface area contributed by atoms with E-state index in [0.717, 1.165) is 4.68 Å².